The van der Waals surface area contributed by atoms with E-state index < -0.39 is 0 Å². The molecule has 0 amide bonds. The molecule has 3 heteroatoms. The fourth-order valence-electron chi connectivity index (χ4n) is 0.709. The Hall–Kier alpha value is -0.700. The third-order valence-electron chi connectivity index (χ3n) is 1.26. The molecule has 1 aromatic heterocycles. The molecule has 0 aromatic carbocycles. The number of thiol groups is 1. The molecule has 0 fully saturated rings. The summed E-state index contributed by atoms with van der Waals surface area (Å²) in [6, 6.07) is 3.93. The van der Waals surface area contributed by atoms with Crippen molar-refractivity contribution in [3.8, 4) is 0 Å². The molecule has 0 atom stereocenters. The van der Waals surface area contributed by atoms with Gasteiger partial charge in [0.25, 0.3) is 0 Å². The van der Waals surface area contributed by atoms with Crippen LogP contribution in [0.5, 0.6) is 0 Å². The maximum Gasteiger partial charge on any atom is 0.125 e. The van der Waals surface area contributed by atoms with Crippen LogP contribution in [0.25, 0.3) is 0 Å². The first-order chi connectivity index (χ1) is 4.86. The SMILES string of the molecule is CNc1cc(CS)ccn1. The van der Waals surface area contributed by atoms with Crippen molar-refractivity contribution in [3.63, 3.8) is 0 Å². The normalized spacial score (nSPS) is 9.40. The molecule has 1 heterocycles. The topological polar surface area (TPSA) is 24.9 Å². The van der Waals surface area contributed by atoms with Gasteiger partial charge in [-0.2, -0.15) is 12.6 Å². The second-order valence-corrected chi connectivity index (χ2v) is 2.27. The molecular formula is C7H10N2S. The van der Waals surface area contributed by atoms with Gasteiger partial charge in [-0.1, -0.05) is 0 Å². The lowest BCUT2D eigenvalue weighted by molar-refractivity contribution is 1.25. The number of pyridine rings is 1. The molecule has 54 valence electrons. The molecule has 0 bridgehead atoms. The summed E-state index contributed by atoms with van der Waals surface area (Å²) in [6.07, 6.45) is 1.78. The van der Waals surface area contributed by atoms with Gasteiger partial charge in [-0.3, -0.25) is 0 Å². The second-order valence-electron chi connectivity index (χ2n) is 1.96. The van der Waals surface area contributed by atoms with Crippen LogP contribution in [0.1, 0.15) is 5.56 Å². The zero-order chi connectivity index (χ0) is 7.40. The number of hydrogen-bond donors (Lipinski definition) is 2. The van der Waals surface area contributed by atoms with Gasteiger partial charge in [-0.25, -0.2) is 4.98 Å². The first-order valence-corrected chi connectivity index (χ1v) is 3.73. The summed E-state index contributed by atoms with van der Waals surface area (Å²) in [6.45, 7) is 0. The van der Waals surface area contributed by atoms with E-state index in [9.17, 15) is 0 Å². The van der Waals surface area contributed by atoms with Gasteiger partial charge in [-0.15, -0.1) is 0 Å². The summed E-state index contributed by atoms with van der Waals surface area (Å²) in [7, 11) is 1.85. The van der Waals surface area contributed by atoms with Gasteiger partial charge >= 0.3 is 0 Å². The monoisotopic (exact) mass is 154 g/mol. The Balaban J connectivity index is 2.87. The minimum Gasteiger partial charge on any atom is -0.373 e. The first-order valence-electron chi connectivity index (χ1n) is 3.10. The van der Waals surface area contributed by atoms with Crippen molar-refractivity contribution in [2.24, 2.45) is 0 Å². The van der Waals surface area contributed by atoms with Crippen LogP contribution in [-0.2, 0) is 5.75 Å². The highest BCUT2D eigenvalue weighted by Gasteiger charge is 1.90. The fraction of sp³-hybridized carbons (Fsp3) is 0.286. The minimum absolute atomic E-state index is 0.761. The Morgan fingerprint density at radius 3 is 3.10 bits per heavy atom. The highest BCUT2D eigenvalue weighted by Crippen LogP contribution is 2.07. The Kier molecular flexibility index (Phi) is 2.57. The maximum absolute atomic E-state index is 4.14. The van der Waals surface area contributed by atoms with Gasteiger partial charge in [0.1, 0.15) is 5.82 Å². The van der Waals surface area contributed by atoms with E-state index >= 15 is 0 Å². The number of aromatic nitrogens is 1. The third kappa shape index (κ3) is 1.64. The summed E-state index contributed by atoms with van der Waals surface area (Å²) in [5.74, 6) is 1.66. The molecule has 2 nitrogen and oxygen atoms in total. The highest BCUT2D eigenvalue weighted by atomic mass is 32.1. The summed E-state index contributed by atoms with van der Waals surface area (Å²) in [5, 5.41) is 2.96. The third-order valence-corrected chi connectivity index (χ3v) is 1.63. The van der Waals surface area contributed by atoms with E-state index in [0.29, 0.717) is 0 Å². The molecule has 0 radical (unpaired) electrons. The Morgan fingerprint density at radius 2 is 2.50 bits per heavy atom. The van der Waals surface area contributed by atoms with Crippen LogP contribution in [0.4, 0.5) is 5.82 Å². The van der Waals surface area contributed by atoms with Crippen molar-refractivity contribution in [2.75, 3.05) is 12.4 Å². The molecule has 1 rings (SSSR count). The summed E-state index contributed by atoms with van der Waals surface area (Å²) >= 11 is 4.14. The van der Waals surface area contributed by atoms with Crippen molar-refractivity contribution in [2.45, 2.75) is 5.75 Å². The van der Waals surface area contributed by atoms with Gasteiger partial charge < -0.3 is 5.32 Å². The Bertz CT molecular complexity index is 193. The van der Waals surface area contributed by atoms with E-state index in [1.54, 1.807) is 6.20 Å². The number of anilines is 1. The van der Waals surface area contributed by atoms with Gasteiger partial charge in [-0.05, 0) is 17.7 Å². The van der Waals surface area contributed by atoms with Crippen LogP contribution in [0.2, 0.25) is 0 Å². The highest BCUT2D eigenvalue weighted by molar-refractivity contribution is 7.79. The average Bonchev–Trinajstić information content (AvgIpc) is 2.05. The zero-order valence-corrected chi connectivity index (χ0v) is 6.73. The summed E-state index contributed by atoms with van der Waals surface area (Å²) in [4.78, 5) is 4.06. The molecule has 0 saturated heterocycles. The molecular weight excluding hydrogens is 144 g/mol. The number of hydrogen-bond acceptors (Lipinski definition) is 3. The van der Waals surface area contributed by atoms with Crippen molar-refractivity contribution in [1.29, 1.82) is 0 Å². The minimum atomic E-state index is 0.761. The van der Waals surface area contributed by atoms with Gasteiger partial charge in [0, 0.05) is 19.0 Å². The van der Waals surface area contributed by atoms with E-state index in [1.807, 2.05) is 19.2 Å². The van der Waals surface area contributed by atoms with Crippen LogP contribution in [0.3, 0.4) is 0 Å². The number of nitrogens with zero attached hydrogens (tertiary/aromatic N) is 1. The van der Waals surface area contributed by atoms with Crippen molar-refractivity contribution in [3.05, 3.63) is 23.9 Å². The Morgan fingerprint density at radius 1 is 1.70 bits per heavy atom. The van der Waals surface area contributed by atoms with Crippen molar-refractivity contribution < 1.29 is 0 Å². The van der Waals surface area contributed by atoms with Crippen LogP contribution < -0.4 is 5.32 Å². The first kappa shape index (κ1) is 7.41. The second kappa shape index (κ2) is 3.46. The molecule has 0 saturated carbocycles. The zero-order valence-electron chi connectivity index (χ0n) is 5.83. The van der Waals surface area contributed by atoms with E-state index in [-0.39, 0.29) is 0 Å². The predicted molar refractivity (Wildman–Crippen MR) is 46.5 cm³/mol. The van der Waals surface area contributed by atoms with Crippen LogP contribution in [0.15, 0.2) is 18.3 Å². The molecule has 0 aliphatic rings. The van der Waals surface area contributed by atoms with Crippen LogP contribution in [-0.4, -0.2) is 12.0 Å². The van der Waals surface area contributed by atoms with Crippen LogP contribution in [0, 0.1) is 0 Å². The summed E-state index contributed by atoms with van der Waals surface area (Å²) in [5.41, 5.74) is 1.18. The van der Waals surface area contributed by atoms with Crippen LogP contribution >= 0.6 is 12.6 Å². The maximum atomic E-state index is 4.14. The van der Waals surface area contributed by atoms with Gasteiger partial charge in [0.15, 0.2) is 0 Å². The Labute approximate surface area is 66.1 Å². The van der Waals surface area contributed by atoms with E-state index in [0.717, 1.165) is 11.6 Å². The fourth-order valence-corrected chi connectivity index (χ4v) is 0.906. The van der Waals surface area contributed by atoms with E-state index in [1.165, 1.54) is 5.56 Å². The molecule has 10 heavy (non-hydrogen) atoms. The van der Waals surface area contributed by atoms with Gasteiger partial charge in [0.05, 0.1) is 0 Å². The van der Waals surface area contributed by atoms with Gasteiger partial charge in [0.2, 0.25) is 0 Å². The largest absolute Gasteiger partial charge is 0.373 e. The van der Waals surface area contributed by atoms with E-state index in [4.69, 9.17) is 0 Å². The molecule has 0 unspecified atom stereocenters. The molecule has 0 aliphatic carbocycles. The number of rotatable bonds is 2. The quantitative estimate of drug-likeness (QED) is 0.632. The smallest absolute Gasteiger partial charge is 0.125 e. The lowest BCUT2D eigenvalue weighted by Gasteiger charge is -1.99. The molecule has 1 aromatic rings. The predicted octanol–water partition coefficient (Wildman–Crippen LogP) is 1.55. The molecule has 0 aliphatic heterocycles. The molecule has 0 spiro atoms. The van der Waals surface area contributed by atoms with Crippen molar-refractivity contribution in [1.82, 2.24) is 4.98 Å². The van der Waals surface area contributed by atoms with E-state index in [2.05, 4.69) is 22.9 Å². The number of nitrogens with one attached hydrogen (secondary N) is 1. The molecule has 1 N–H and O–H groups in total. The lowest BCUT2D eigenvalue weighted by atomic mass is 10.3. The lowest BCUT2D eigenvalue weighted by Crippen LogP contribution is -1.91. The standard InChI is InChI=1S/C7H10N2S/c1-8-7-4-6(5-10)2-3-9-7/h2-4,10H,5H2,1H3,(H,8,9). The average molecular weight is 154 g/mol. The summed E-state index contributed by atoms with van der Waals surface area (Å²) < 4.78 is 0. The van der Waals surface area contributed by atoms with Crippen molar-refractivity contribution >= 4 is 18.4 Å².